The number of unbranched alkanes of at least 4 members (excludes halogenated alkanes) is 4. The number of rotatable bonds is 8. The van der Waals surface area contributed by atoms with Gasteiger partial charge >= 0.3 is 0 Å². The zero-order chi connectivity index (χ0) is 12.5. The molecule has 0 rings (SSSR count). The van der Waals surface area contributed by atoms with Gasteiger partial charge < -0.3 is 0 Å². The first kappa shape index (κ1) is 17.9. The van der Waals surface area contributed by atoms with Gasteiger partial charge in [0, 0.05) is 0 Å². The van der Waals surface area contributed by atoms with Crippen molar-refractivity contribution in [3.63, 3.8) is 0 Å². The average Bonchev–Trinajstić information content (AvgIpc) is 2.31. The van der Waals surface area contributed by atoms with Crippen molar-refractivity contribution in [1.82, 2.24) is 0 Å². The molecule has 0 amide bonds. The van der Waals surface area contributed by atoms with Gasteiger partial charge in [0.2, 0.25) is 0 Å². The van der Waals surface area contributed by atoms with Crippen LogP contribution in [0.4, 0.5) is 0 Å². The van der Waals surface area contributed by atoms with Crippen LogP contribution in [0.2, 0.25) is 0 Å². The molecule has 0 aliphatic heterocycles. The summed E-state index contributed by atoms with van der Waals surface area (Å²) >= 11 is 0. The molecule has 0 aromatic carbocycles. The molecular weight excluding hydrogens is 192 g/mol. The van der Waals surface area contributed by atoms with E-state index in [-0.39, 0.29) is 0 Å². The molecule has 0 heterocycles. The Hall–Kier alpha value is -0.520. The monoisotopic (exact) mass is 224 g/mol. The van der Waals surface area contributed by atoms with Gasteiger partial charge in [-0.3, -0.25) is 0 Å². The van der Waals surface area contributed by atoms with Crippen LogP contribution in [0, 0.1) is 0 Å². The van der Waals surface area contributed by atoms with Crippen molar-refractivity contribution < 1.29 is 0 Å². The topological polar surface area (TPSA) is 0 Å². The van der Waals surface area contributed by atoms with Crippen molar-refractivity contribution in [2.45, 2.75) is 79.1 Å². The van der Waals surface area contributed by atoms with E-state index in [9.17, 15) is 0 Å². The summed E-state index contributed by atoms with van der Waals surface area (Å²) in [6.45, 7) is 8.80. The zero-order valence-corrected chi connectivity index (χ0v) is 12.0. The van der Waals surface area contributed by atoms with Gasteiger partial charge in [-0.05, 0) is 25.7 Å². The molecule has 0 aliphatic rings. The Bertz CT molecular complexity index is 134. The van der Waals surface area contributed by atoms with Crippen LogP contribution in [0.25, 0.3) is 0 Å². The highest BCUT2D eigenvalue weighted by Gasteiger charge is 1.74. The summed E-state index contributed by atoms with van der Waals surface area (Å²) in [6.07, 6.45) is 19.2. The van der Waals surface area contributed by atoms with Crippen LogP contribution in [0.1, 0.15) is 79.1 Å². The maximum atomic E-state index is 2.27. The Balaban J connectivity index is 0. The minimum absolute atomic E-state index is 1.18. The van der Waals surface area contributed by atoms with E-state index in [2.05, 4.69) is 52.0 Å². The molecular formula is C16H32. The lowest BCUT2D eigenvalue weighted by Crippen LogP contribution is -1.65. The fourth-order valence-electron chi connectivity index (χ4n) is 1.18. The maximum Gasteiger partial charge on any atom is -0.0351 e. The molecule has 0 aliphatic carbocycles. The molecule has 0 aromatic rings. The fourth-order valence-corrected chi connectivity index (χ4v) is 1.18. The second-order valence-corrected chi connectivity index (χ2v) is 4.07. The average molecular weight is 224 g/mol. The molecule has 0 bridgehead atoms. The summed E-state index contributed by atoms with van der Waals surface area (Å²) in [5.41, 5.74) is 0. The molecule has 0 saturated carbocycles. The van der Waals surface area contributed by atoms with E-state index in [0.717, 1.165) is 0 Å². The summed E-state index contributed by atoms with van der Waals surface area (Å²) < 4.78 is 0. The van der Waals surface area contributed by atoms with E-state index in [1.165, 1.54) is 51.4 Å². The highest BCUT2D eigenvalue weighted by atomic mass is 13.8. The first-order valence-corrected chi connectivity index (χ1v) is 7.13. The molecule has 0 atom stereocenters. The van der Waals surface area contributed by atoms with E-state index >= 15 is 0 Å². The molecule has 0 fully saturated rings. The SMILES string of the molecule is CCC=CCCCC.CCCC=CCCC. The van der Waals surface area contributed by atoms with Gasteiger partial charge in [0.05, 0.1) is 0 Å². The maximum absolute atomic E-state index is 2.27. The molecule has 0 heteroatoms. The fraction of sp³-hybridized carbons (Fsp3) is 0.750. The van der Waals surface area contributed by atoms with E-state index in [0.29, 0.717) is 0 Å². The Labute approximate surface area is 104 Å². The molecule has 0 unspecified atom stereocenters. The summed E-state index contributed by atoms with van der Waals surface area (Å²) in [5, 5.41) is 0. The lowest BCUT2D eigenvalue weighted by molar-refractivity contribution is 0.812. The van der Waals surface area contributed by atoms with Crippen molar-refractivity contribution >= 4 is 0 Å². The number of hydrogen-bond acceptors (Lipinski definition) is 0. The smallest absolute Gasteiger partial charge is 0.0351 e. The number of allylic oxidation sites excluding steroid dienone is 4. The van der Waals surface area contributed by atoms with Gasteiger partial charge in [0.15, 0.2) is 0 Å². The van der Waals surface area contributed by atoms with Crippen molar-refractivity contribution in [3.05, 3.63) is 24.3 Å². The number of hydrogen-bond donors (Lipinski definition) is 0. The van der Waals surface area contributed by atoms with Crippen LogP contribution in [0.15, 0.2) is 24.3 Å². The predicted molar refractivity (Wildman–Crippen MR) is 77.9 cm³/mol. The highest BCUT2D eigenvalue weighted by Crippen LogP contribution is 1.95. The minimum atomic E-state index is 1.18. The molecule has 0 nitrogen and oxygen atoms in total. The van der Waals surface area contributed by atoms with Crippen molar-refractivity contribution in [2.75, 3.05) is 0 Å². The summed E-state index contributed by atoms with van der Waals surface area (Å²) in [4.78, 5) is 0. The summed E-state index contributed by atoms with van der Waals surface area (Å²) in [6, 6.07) is 0. The van der Waals surface area contributed by atoms with Crippen molar-refractivity contribution in [1.29, 1.82) is 0 Å². The van der Waals surface area contributed by atoms with Gasteiger partial charge in [-0.1, -0.05) is 77.7 Å². The van der Waals surface area contributed by atoms with E-state index < -0.39 is 0 Å². The zero-order valence-electron chi connectivity index (χ0n) is 12.0. The standard InChI is InChI=1S/2C8H16/c2*1-3-5-7-8-6-4-2/h7-8H,3-6H2,1-2H3;5,7H,3-4,6,8H2,1-2H3. The molecule has 16 heavy (non-hydrogen) atoms. The van der Waals surface area contributed by atoms with Crippen LogP contribution in [0.5, 0.6) is 0 Å². The van der Waals surface area contributed by atoms with Gasteiger partial charge in [0.1, 0.15) is 0 Å². The molecule has 0 spiro atoms. The van der Waals surface area contributed by atoms with Gasteiger partial charge in [-0.2, -0.15) is 0 Å². The third kappa shape index (κ3) is 23.4. The Morgan fingerprint density at radius 1 is 0.562 bits per heavy atom. The Morgan fingerprint density at radius 2 is 1.06 bits per heavy atom. The van der Waals surface area contributed by atoms with Gasteiger partial charge in [-0.15, -0.1) is 0 Å². The third-order valence-corrected chi connectivity index (χ3v) is 2.20. The predicted octanol–water partition coefficient (Wildman–Crippen LogP) is 6.29. The van der Waals surface area contributed by atoms with Crippen LogP contribution in [0.3, 0.4) is 0 Å². The Kier molecular flexibility index (Phi) is 22.3. The van der Waals surface area contributed by atoms with E-state index in [1.54, 1.807) is 0 Å². The summed E-state index contributed by atoms with van der Waals surface area (Å²) in [7, 11) is 0. The largest absolute Gasteiger partial charge is 0.0888 e. The third-order valence-electron chi connectivity index (χ3n) is 2.20. The van der Waals surface area contributed by atoms with Crippen LogP contribution in [-0.2, 0) is 0 Å². The second kappa shape index (κ2) is 20.0. The molecule has 0 radical (unpaired) electrons. The van der Waals surface area contributed by atoms with Gasteiger partial charge in [-0.25, -0.2) is 0 Å². The lowest BCUT2D eigenvalue weighted by atomic mass is 10.2. The van der Waals surface area contributed by atoms with Crippen LogP contribution < -0.4 is 0 Å². The van der Waals surface area contributed by atoms with Crippen LogP contribution in [-0.4, -0.2) is 0 Å². The first-order chi connectivity index (χ1) is 7.83. The highest BCUT2D eigenvalue weighted by molar-refractivity contribution is 4.80. The minimum Gasteiger partial charge on any atom is -0.0888 e. The van der Waals surface area contributed by atoms with E-state index in [4.69, 9.17) is 0 Å². The summed E-state index contributed by atoms with van der Waals surface area (Å²) in [5.74, 6) is 0. The Morgan fingerprint density at radius 3 is 1.44 bits per heavy atom. The van der Waals surface area contributed by atoms with Crippen molar-refractivity contribution in [3.8, 4) is 0 Å². The second-order valence-electron chi connectivity index (χ2n) is 4.07. The van der Waals surface area contributed by atoms with E-state index in [1.807, 2.05) is 0 Å². The molecule has 0 N–H and O–H groups in total. The molecule has 0 aromatic heterocycles. The van der Waals surface area contributed by atoms with Crippen molar-refractivity contribution in [2.24, 2.45) is 0 Å². The molecule has 96 valence electrons. The normalized spacial score (nSPS) is 10.8. The lowest BCUT2D eigenvalue weighted by Gasteiger charge is -1.85. The first-order valence-electron chi connectivity index (χ1n) is 7.13. The molecule has 0 saturated heterocycles. The van der Waals surface area contributed by atoms with Crippen LogP contribution >= 0.6 is 0 Å². The van der Waals surface area contributed by atoms with Gasteiger partial charge in [0.25, 0.3) is 0 Å². The quantitative estimate of drug-likeness (QED) is 0.336.